The first kappa shape index (κ1) is 20.5. The molecule has 0 spiro atoms. The van der Waals surface area contributed by atoms with Crippen LogP contribution < -0.4 is 5.56 Å². The molecular weight excluding hydrogens is 443 g/mol. The number of rotatable bonds is 3. The largest absolute Gasteiger partial charge is 0.302 e. The summed E-state index contributed by atoms with van der Waals surface area (Å²) < 4.78 is 1.71. The van der Waals surface area contributed by atoms with Crippen molar-refractivity contribution in [1.82, 2.24) is 9.78 Å². The number of nitrogens with one attached hydrogen (secondary N) is 1. The molecule has 2 aromatic heterocycles. The molecule has 30 heavy (non-hydrogen) atoms. The third-order valence-corrected chi connectivity index (χ3v) is 6.54. The van der Waals surface area contributed by atoms with Gasteiger partial charge in [-0.3, -0.25) is 14.7 Å². The summed E-state index contributed by atoms with van der Waals surface area (Å²) >= 11 is 13.6. The van der Waals surface area contributed by atoms with E-state index < -0.39 is 11.5 Å². The lowest BCUT2D eigenvalue weighted by molar-refractivity contribution is 0.0945. The summed E-state index contributed by atoms with van der Waals surface area (Å²) in [6.07, 6.45) is 0. The number of carbonyl (C=O) groups excluding carboxylic acids is 1. The minimum absolute atomic E-state index is 0.0728. The van der Waals surface area contributed by atoms with Gasteiger partial charge in [0.25, 0.3) is 5.91 Å². The van der Waals surface area contributed by atoms with Crippen molar-refractivity contribution in [2.75, 3.05) is 0 Å². The first-order valence-corrected chi connectivity index (χ1v) is 10.6. The molecule has 4 rings (SSSR count). The molecule has 0 saturated heterocycles. The van der Waals surface area contributed by atoms with Crippen LogP contribution in [0.25, 0.3) is 10.1 Å². The zero-order chi connectivity index (χ0) is 21.6. The van der Waals surface area contributed by atoms with Crippen LogP contribution in [0.4, 0.5) is 11.4 Å². The molecule has 1 N–H and O–H groups in total. The van der Waals surface area contributed by atoms with Crippen LogP contribution in [0.3, 0.4) is 0 Å². The number of benzene rings is 2. The first-order valence-electron chi connectivity index (χ1n) is 8.99. The van der Waals surface area contributed by atoms with Crippen LogP contribution >= 0.6 is 34.5 Å². The van der Waals surface area contributed by atoms with Gasteiger partial charge in [0, 0.05) is 15.1 Å². The number of fused-ring (bicyclic) bond motifs is 1. The number of hydrogen-bond donors (Lipinski definition) is 1. The van der Waals surface area contributed by atoms with Crippen molar-refractivity contribution < 1.29 is 4.79 Å². The Kier molecular flexibility index (Phi) is 5.36. The predicted molar refractivity (Wildman–Crippen MR) is 121 cm³/mol. The van der Waals surface area contributed by atoms with Gasteiger partial charge in [0.15, 0.2) is 5.69 Å². The van der Waals surface area contributed by atoms with Crippen LogP contribution in [0, 0.1) is 20.8 Å². The predicted octanol–water partition coefficient (Wildman–Crippen LogP) is 6.73. The molecule has 0 aliphatic carbocycles. The van der Waals surface area contributed by atoms with Gasteiger partial charge in [-0.1, -0.05) is 40.9 Å². The molecule has 0 radical (unpaired) electrons. The van der Waals surface area contributed by atoms with Gasteiger partial charge in [0.1, 0.15) is 4.88 Å². The maximum atomic E-state index is 13.0. The van der Waals surface area contributed by atoms with E-state index in [4.69, 9.17) is 23.2 Å². The van der Waals surface area contributed by atoms with E-state index in [-0.39, 0.29) is 15.6 Å². The van der Waals surface area contributed by atoms with Gasteiger partial charge in [-0.15, -0.1) is 16.5 Å². The standard InChI is InChI=1S/C21H16Cl2N4O2S/c1-10-4-6-15(11(2)8-10)24-25-18-12(3)26-27(20(18)28)21(29)19-17(23)14-9-13(22)5-7-16(14)30-19/h4-9,26H,1-3H3. The highest BCUT2D eigenvalue weighted by molar-refractivity contribution is 7.21. The van der Waals surface area contributed by atoms with Crippen LogP contribution in [-0.2, 0) is 0 Å². The van der Waals surface area contributed by atoms with Crippen molar-refractivity contribution in [2.45, 2.75) is 20.8 Å². The van der Waals surface area contributed by atoms with Crippen LogP contribution in [0.5, 0.6) is 0 Å². The molecule has 6 nitrogen and oxygen atoms in total. The molecule has 2 heterocycles. The monoisotopic (exact) mass is 458 g/mol. The first-order chi connectivity index (χ1) is 14.3. The Bertz CT molecular complexity index is 1400. The average molecular weight is 459 g/mol. The number of aromatic nitrogens is 2. The summed E-state index contributed by atoms with van der Waals surface area (Å²) in [6, 6.07) is 10.9. The fraction of sp³-hybridized carbons (Fsp3) is 0.143. The Hall–Kier alpha value is -2.74. The normalized spacial score (nSPS) is 11.6. The summed E-state index contributed by atoms with van der Waals surface area (Å²) in [5.41, 5.74) is 2.63. The van der Waals surface area contributed by atoms with E-state index in [2.05, 4.69) is 15.3 Å². The summed E-state index contributed by atoms with van der Waals surface area (Å²) in [6.45, 7) is 5.57. The lowest BCUT2D eigenvalue weighted by atomic mass is 10.1. The molecule has 0 unspecified atom stereocenters. The van der Waals surface area contributed by atoms with Gasteiger partial charge in [0.05, 0.1) is 16.4 Å². The Labute approximate surface area is 185 Å². The van der Waals surface area contributed by atoms with Crippen LogP contribution in [-0.4, -0.2) is 15.7 Å². The van der Waals surface area contributed by atoms with Crippen LogP contribution in [0.1, 0.15) is 26.5 Å². The Balaban J connectivity index is 1.73. The summed E-state index contributed by atoms with van der Waals surface area (Å²) in [7, 11) is 0. The number of aryl methyl sites for hydroxylation is 3. The fourth-order valence-corrected chi connectivity index (χ4v) is 4.68. The van der Waals surface area contributed by atoms with E-state index in [1.165, 1.54) is 11.3 Å². The molecule has 0 aliphatic heterocycles. The van der Waals surface area contributed by atoms with E-state index in [1.807, 2.05) is 32.0 Å². The summed E-state index contributed by atoms with van der Waals surface area (Å²) in [5, 5.41) is 12.5. The highest BCUT2D eigenvalue weighted by Gasteiger charge is 2.23. The molecule has 0 fully saturated rings. The van der Waals surface area contributed by atoms with E-state index in [0.29, 0.717) is 21.8 Å². The molecule has 0 atom stereocenters. The maximum Gasteiger partial charge on any atom is 0.302 e. The summed E-state index contributed by atoms with van der Waals surface area (Å²) in [4.78, 5) is 26.1. The summed E-state index contributed by atoms with van der Waals surface area (Å²) in [5.74, 6) is -0.557. The topological polar surface area (TPSA) is 79.6 Å². The Morgan fingerprint density at radius 1 is 1.07 bits per heavy atom. The molecule has 0 aliphatic rings. The van der Waals surface area contributed by atoms with Crippen LogP contribution in [0.15, 0.2) is 51.4 Å². The maximum absolute atomic E-state index is 13.0. The third-order valence-electron chi connectivity index (χ3n) is 4.64. The highest BCUT2D eigenvalue weighted by atomic mass is 35.5. The lowest BCUT2D eigenvalue weighted by Gasteiger charge is -1.99. The zero-order valence-electron chi connectivity index (χ0n) is 16.3. The quantitative estimate of drug-likeness (QED) is 0.345. The number of aromatic amines is 1. The van der Waals surface area contributed by atoms with Gasteiger partial charge in [-0.2, -0.15) is 9.80 Å². The number of carbonyl (C=O) groups is 1. The van der Waals surface area contributed by atoms with Gasteiger partial charge in [-0.25, -0.2) is 0 Å². The molecule has 0 saturated carbocycles. The Morgan fingerprint density at radius 3 is 2.57 bits per heavy atom. The second-order valence-corrected chi connectivity index (χ2v) is 8.77. The second kappa shape index (κ2) is 7.83. The van der Waals surface area contributed by atoms with E-state index >= 15 is 0 Å². The smallest absolute Gasteiger partial charge is 0.290 e. The van der Waals surface area contributed by atoms with Gasteiger partial charge < -0.3 is 0 Å². The molecule has 9 heteroatoms. The van der Waals surface area contributed by atoms with Gasteiger partial charge >= 0.3 is 5.56 Å². The minimum atomic E-state index is -0.586. The highest BCUT2D eigenvalue weighted by Crippen LogP contribution is 2.37. The molecular formula is C21H16Cl2N4O2S. The molecule has 0 bridgehead atoms. The molecule has 0 amide bonds. The molecule has 4 aromatic rings. The van der Waals surface area contributed by atoms with Crippen molar-refractivity contribution >= 4 is 61.9 Å². The van der Waals surface area contributed by atoms with Crippen molar-refractivity contribution in [3.8, 4) is 0 Å². The second-order valence-electron chi connectivity index (χ2n) is 6.91. The van der Waals surface area contributed by atoms with Crippen molar-refractivity contribution in [3.05, 3.63) is 78.5 Å². The van der Waals surface area contributed by atoms with E-state index in [9.17, 15) is 9.59 Å². The van der Waals surface area contributed by atoms with Gasteiger partial charge in [-0.05, 0) is 50.6 Å². The molecule has 152 valence electrons. The third kappa shape index (κ3) is 3.60. The average Bonchev–Trinajstić information content (AvgIpc) is 3.17. The van der Waals surface area contributed by atoms with Gasteiger partial charge in [0.2, 0.25) is 0 Å². The number of nitrogens with zero attached hydrogens (tertiary/aromatic N) is 3. The van der Waals surface area contributed by atoms with Crippen LogP contribution in [0.2, 0.25) is 10.0 Å². The molecule has 2 aromatic carbocycles. The van der Waals surface area contributed by atoms with Crippen molar-refractivity contribution in [3.63, 3.8) is 0 Å². The zero-order valence-corrected chi connectivity index (χ0v) is 18.6. The van der Waals surface area contributed by atoms with Crippen molar-refractivity contribution in [1.29, 1.82) is 0 Å². The lowest BCUT2D eigenvalue weighted by Crippen LogP contribution is -2.24. The minimum Gasteiger partial charge on any atom is -0.290 e. The number of H-pyrrole nitrogens is 1. The number of halogens is 2. The number of thiophene rings is 1. The SMILES string of the molecule is Cc1ccc(N=Nc2c(C)[nH]n(C(=O)c3sc4ccc(Cl)cc4c3Cl)c2=O)c(C)c1. The number of azo groups is 1. The van der Waals surface area contributed by atoms with E-state index in [1.54, 1.807) is 25.1 Å². The number of hydrogen-bond acceptors (Lipinski definition) is 5. The Morgan fingerprint density at radius 2 is 1.83 bits per heavy atom. The van der Waals surface area contributed by atoms with Crippen molar-refractivity contribution in [2.24, 2.45) is 10.2 Å². The fourth-order valence-electron chi connectivity index (χ4n) is 3.10. The van der Waals surface area contributed by atoms with E-state index in [0.717, 1.165) is 20.5 Å².